The smallest absolute Gasteiger partial charge is 0.0211 e. The molecule has 1 heterocycles. The molecule has 14 heavy (non-hydrogen) atoms. The number of nitrogens with zero attached hydrogens (tertiary/aromatic N) is 1. The average Bonchev–Trinajstić information content (AvgIpc) is 2.16. The van der Waals surface area contributed by atoms with Crippen molar-refractivity contribution in [1.29, 1.82) is 0 Å². The fraction of sp³-hybridized carbons (Fsp3) is 1.00. The van der Waals surface area contributed by atoms with E-state index in [4.69, 9.17) is 0 Å². The monoisotopic (exact) mass is 195 g/mol. The second-order valence-electron chi connectivity index (χ2n) is 6.01. The predicted molar refractivity (Wildman–Crippen MR) is 61.5 cm³/mol. The lowest BCUT2D eigenvalue weighted by atomic mass is 9.71. The normalized spacial score (nSPS) is 31.9. The number of hydrogen-bond acceptors (Lipinski definition) is 1. The zero-order valence-electron chi connectivity index (χ0n) is 10.1. The van der Waals surface area contributed by atoms with E-state index in [9.17, 15) is 0 Å². The van der Waals surface area contributed by atoms with Gasteiger partial charge in [0.2, 0.25) is 0 Å². The van der Waals surface area contributed by atoms with Gasteiger partial charge >= 0.3 is 0 Å². The summed E-state index contributed by atoms with van der Waals surface area (Å²) in [5.41, 5.74) is 1.02. The second kappa shape index (κ2) is 3.52. The van der Waals surface area contributed by atoms with E-state index in [0.29, 0.717) is 11.1 Å². The van der Waals surface area contributed by atoms with Gasteiger partial charge in [-0.3, -0.25) is 4.90 Å². The molecule has 1 aliphatic carbocycles. The number of rotatable bonds is 0. The Morgan fingerprint density at radius 2 is 1.36 bits per heavy atom. The van der Waals surface area contributed by atoms with Gasteiger partial charge in [-0.1, -0.05) is 19.3 Å². The van der Waals surface area contributed by atoms with Crippen LogP contribution in [0.5, 0.6) is 0 Å². The van der Waals surface area contributed by atoms with Gasteiger partial charge in [-0.25, -0.2) is 0 Å². The third-order valence-electron chi connectivity index (χ3n) is 4.83. The largest absolute Gasteiger partial charge is 0.296 e. The molecule has 1 heteroatoms. The summed E-state index contributed by atoms with van der Waals surface area (Å²) in [4.78, 5) is 2.71. The van der Waals surface area contributed by atoms with E-state index in [1.807, 2.05) is 0 Å². The van der Waals surface area contributed by atoms with E-state index < -0.39 is 0 Å². The third kappa shape index (κ3) is 1.60. The molecule has 1 nitrogen and oxygen atoms in total. The van der Waals surface area contributed by atoms with Crippen LogP contribution in [0, 0.1) is 0 Å². The van der Waals surface area contributed by atoms with Crippen molar-refractivity contribution in [2.24, 2.45) is 0 Å². The molecule has 0 atom stereocenters. The van der Waals surface area contributed by atoms with Crippen LogP contribution < -0.4 is 0 Å². The molecule has 0 aromatic heterocycles. The highest BCUT2D eigenvalue weighted by molar-refractivity contribution is 5.01. The highest BCUT2D eigenvalue weighted by Crippen LogP contribution is 2.45. The Labute approximate surface area is 88.9 Å². The van der Waals surface area contributed by atoms with Crippen LogP contribution >= 0.6 is 0 Å². The Hall–Kier alpha value is -0.0400. The van der Waals surface area contributed by atoms with Gasteiger partial charge in [-0.05, 0) is 53.0 Å². The summed E-state index contributed by atoms with van der Waals surface area (Å²) in [5, 5.41) is 0. The van der Waals surface area contributed by atoms with Crippen LogP contribution in [0.2, 0.25) is 0 Å². The SMILES string of the molecule is CN1C(C)(C)CCCC12CCCCC2. The van der Waals surface area contributed by atoms with E-state index in [-0.39, 0.29) is 0 Å². The van der Waals surface area contributed by atoms with Crippen molar-refractivity contribution < 1.29 is 0 Å². The summed E-state index contributed by atoms with van der Waals surface area (Å²) in [7, 11) is 2.37. The standard InChI is InChI=1S/C13H25N/c1-12(2)8-7-11-13(14(12)3)9-5-4-6-10-13/h4-11H2,1-3H3. The number of piperidine rings is 1. The van der Waals surface area contributed by atoms with Gasteiger partial charge in [0, 0.05) is 11.1 Å². The maximum atomic E-state index is 2.71. The zero-order chi connectivity index (χ0) is 10.2. The maximum absolute atomic E-state index is 2.71. The molecule has 82 valence electrons. The zero-order valence-corrected chi connectivity index (χ0v) is 10.1. The van der Waals surface area contributed by atoms with Gasteiger partial charge in [-0.2, -0.15) is 0 Å². The summed E-state index contributed by atoms with van der Waals surface area (Å²) < 4.78 is 0. The van der Waals surface area contributed by atoms with E-state index in [1.54, 1.807) is 0 Å². The molecule has 1 aliphatic heterocycles. The van der Waals surface area contributed by atoms with Crippen LogP contribution in [0.15, 0.2) is 0 Å². The molecule has 0 N–H and O–H groups in total. The minimum atomic E-state index is 0.440. The minimum Gasteiger partial charge on any atom is -0.296 e. The van der Waals surface area contributed by atoms with E-state index >= 15 is 0 Å². The molecule has 2 aliphatic rings. The predicted octanol–water partition coefficient (Wildman–Crippen LogP) is 3.58. The molecule has 2 fully saturated rings. The highest BCUT2D eigenvalue weighted by atomic mass is 15.2. The first-order valence-corrected chi connectivity index (χ1v) is 6.31. The van der Waals surface area contributed by atoms with Crippen molar-refractivity contribution in [1.82, 2.24) is 4.90 Å². The van der Waals surface area contributed by atoms with Gasteiger partial charge in [0.25, 0.3) is 0 Å². The lowest BCUT2D eigenvalue weighted by molar-refractivity contribution is -0.0458. The Morgan fingerprint density at radius 3 is 2.00 bits per heavy atom. The van der Waals surface area contributed by atoms with Gasteiger partial charge in [0.1, 0.15) is 0 Å². The topological polar surface area (TPSA) is 3.24 Å². The quantitative estimate of drug-likeness (QED) is 0.571. The van der Waals surface area contributed by atoms with Gasteiger partial charge in [0.05, 0.1) is 0 Å². The van der Waals surface area contributed by atoms with Gasteiger partial charge in [-0.15, -0.1) is 0 Å². The fourth-order valence-corrected chi connectivity index (χ4v) is 3.62. The molecular weight excluding hydrogens is 170 g/mol. The Morgan fingerprint density at radius 1 is 0.786 bits per heavy atom. The Balaban J connectivity index is 2.16. The first-order chi connectivity index (χ1) is 6.57. The average molecular weight is 195 g/mol. The third-order valence-corrected chi connectivity index (χ3v) is 4.83. The molecule has 0 aromatic rings. The lowest BCUT2D eigenvalue weighted by Crippen LogP contribution is -2.59. The molecule has 1 spiro atoms. The maximum Gasteiger partial charge on any atom is 0.0211 e. The molecule has 0 unspecified atom stereocenters. The lowest BCUT2D eigenvalue weighted by Gasteiger charge is -2.56. The van der Waals surface area contributed by atoms with Crippen molar-refractivity contribution in [3.8, 4) is 0 Å². The Bertz CT molecular complexity index is 196. The summed E-state index contributed by atoms with van der Waals surface area (Å²) >= 11 is 0. The summed E-state index contributed by atoms with van der Waals surface area (Å²) in [6.45, 7) is 4.84. The molecular formula is C13H25N. The van der Waals surface area contributed by atoms with E-state index in [2.05, 4.69) is 25.8 Å². The second-order valence-corrected chi connectivity index (χ2v) is 6.01. The van der Waals surface area contributed by atoms with Crippen molar-refractivity contribution in [2.75, 3.05) is 7.05 Å². The van der Waals surface area contributed by atoms with Crippen molar-refractivity contribution in [2.45, 2.75) is 76.3 Å². The van der Waals surface area contributed by atoms with Crippen molar-refractivity contribution in [3.05, 3.63) is 0 Å². The summed E-state index contributed by atoms with van der Waals surface area (Å²) in [5.74, 6) is 0. The van der Waals surface area contributed by atoms with Gasteiger partial charge in [0.15, 0.2) is 0 Å². The fourth-order valence-electron chi connectivity index (χ4n) is 3.62. The van der Waals surface area contributed by atoms with E-state index in [1.165, 1.54) is 51.4 Å². The van der Waals surface area contributed by atoms with Crippen LogP contribution in [-0.2, 0) is 0 Å². The number of likely N-dealkylation sites (tertiary alicyclic amines) is 1. The summed E-state index contributed by atoms with van der Waals surface area (Å²) in [6, 6.07) is 0. The van der Waals surface area contributed by atoms with Crippen molar-refractivity contribution in [3.63, 3.8) is 0 Å². The first-order valence-electron chi connectivity index (χ1n) is 6.31. The summed E-state index contributed by atoms with van der Waals surface area (Å²) in [6.07, 6.45) is 11.6. The van der Waals surface area contributed by atoms with Crippen molar-refractivity contribution >= 4 is 0 Å². The molecule has 1 saturated carbocycles. The number of hydrogen-bond donors (Lipinski definition) is 0. The van der Waals surface area contributed by atoms with Gasteiger partial charge < -0.3 is 0 Å². The Kier molecular flexibility index (Phi) is 2.63. The highest BCUT2D eigenvalue weighted by Gasteiger charge is 2.44. The molecule has 2 rings (SSSR count). The van der Waals surface area contributed by atoms with Crippen LogP contribution in [0.1, 0.15) is 65.2 Å². The molecule has 0 amide bonds. The van der Waals surface area contributed by atoms with Crippen LogP contribution in [0.25, 0.3) is 0 Å². The first kappa shape index (κ1) is 10.5. The minimum absolute atomic E-state index is 0.440. The molecule has 0 bridgehead atoms. The molecule has 0 aromatic carbocycles. The van der Waals surface area contributed by atoms with Crippen LogP contribution in [0.3, 0.4) is 0 Å². The van der Waals surface area contributed by atoms with Crippen LogP contribution in [0.4, 0.5) is 0 Å². The molecule has 0 radical (unpaired) electrons. The van der Waals surface area contributed by atoms with E-state index in [0.717, 1.165) is 0 Å². The molecule has 1 saturated heterocycles. The van der Waals surface area contributed by atoms with Crippen LogP contribution in [-0.4, -0.2) is 23.0 Å².